The van der Waals surface area contributed by atoms with Crippen LogP contribution in [0.15, 0.2) is 229 Å². The number of para-hydroxylation sites is 4. The zero-order chi connectivity index (χ0) is 37.1. The van der Waals surface area contributed by atoms with Crippen LogP contribution in [0.25, 0.3) is 33.1 Å². The van der Waals surface area contributed by atoms with Gasteiger partial charge in [0.15, 0.2) is 0 Å². The number of aromatic nitrogens is 2. The van der Waals surface area contributed by atoms with Crippen LogP contribution in [-0.4, -0.2) is 22.6 Å². The van der Waals surface area contributed by atoms with Crippen LogP contribution in [-0.2, 0) is 42.1 Å². The van der Waals surface area contributed by atoms with Crippen LogP contribution >= 0.6 is 0 Å². The van der Waals surface area contributed by atoms with Crippen molar-refractivity contribution in [3.05, 3.63) is 241 Å². The van der Waals surface area contributed by atoms with E-state index < -0.39 is 0 Å². The summed E-state index contributed by atoms with van der Waals surface area (Å²) in [6, 6.07) is 72.7. The Bertz CT molecular complexity index is 1940. The van der Waals surface area contributed by atoms with Gasteiger partial charge in [0, 0.05) is 12.4 Å². The van der Waals surface area contributed by atoms with Gasteiger partial charge in [-0.1, -0.05) is 158 Å². The topological polar surface area (TPSA) is 78.7 Å². The van der Waals surface area contributed by atoms with E-state index in [1.165, 1.54) is 0 Å². The van der Waals surface area contributed by atoms with Crippen molar-refractivity contribution >= 4 is 35.4 Å². The van der Waals surface area contributed by atoms with Crippen molar-refractivity contribution in [3.8, 4) is 22.5 Å². The fourth-order valence-electron chi connectivity index (χ4n) is 4.53. The smallest absolute Gasteiger partial charge is 0.443 e. The minimum absolute atomic E-state index is 0. The van der Waals surface area contributed by atoms with Gasteiger partial charge in [-0.2, -0.15) is 0 Å². The first-order chi connectivity index (χ1) is 26.8. The molecule has 0 saturated heterocycles. The third-order valence-corrected chi connectivity index (χ3v) is 7.15. The maximum atomic E-state index is 4.22. The van der Waals surface area contributed by atoms with Crippen molar-refractivity contribution in [2.75, 3.05) is 0 Å². The minimum Gasteiger partial charge on any atom is -0.443 e. The van der Waals surface area contributed by atoms with Crippen LogP contribution in [0.5, 0.6) is 0 Å². The van der Waals surface area contributed by atoms with E-state index in [1.54, 1.807) is 25.1 Å². The number of benzene rings is 6. The molecule has 280 valence electrons. The molecular formula is C48H38N6Pt2. The molecule has 2 aromatic heterocycles. The Kier molecular flexibility index (Phi) is 21.8. The van der Waals surface area contributed by atoms with Crippen molar-refractivity contribution < 1.29 is 42.1 Å². The second-order valence-corrected chi connectivity index (χ2v) is 11.1. The third-order valence-electron chi connectivity index (χ3n) is 7.15. The molecule has 8 rings (SSSR count). The summed E-state index contributed by atoms with van der Waals surface area (Å²) in [6.07, 6.45) is 6.72. The Hall–Kier alpha value is -6.06. The first-order valence-corrected chi connectivity index (χ1v) is 17.3. The Morgan fingerprint density at radius 1 is 0.375 bits per heavy atom. The number of nitrogens with zero attached hydrogens (tertiary/aromatic N) is 6. The number of pyridine rings is 2. The van der Waals surface area contributed by atoms with Gasteiger partial charge in [-0.05, 0) is 46.3 Å². The van der Waals surface area contributed by atoms with Crippen LogP contribution < -0.4 is 0 Å². The fourth-order valence-corrected chi connectivity index (χ4v) is 4.53. The molecule has 0 radical (unpaired) electrons. The van der Waals surface area contributed by atoms with Gasteiger partial charge in [-0.15, -0.1) is 71.8 Å². The Labute approximate surface area is 359 Å². The standard InChI is InChI=1S/2C13H11N2.2C11H8N.2Pt/c2*1-3-7-12(8-4-1)14-11-15-13-9-5-2-6-10-13;2*1-2-6-10(7-3-1)11-8-4-5-9-12-11;;/h2*1-11H;2*1-6,8-9H;;/q4*-1;2*+2. The normalized spacial score (nSPS) is 9.71. The molecule has 8 aromatic rings. The van der Waals surface area contributed by atoms with Crippen molar-refractivity contribution in [2.45, 2.75) is 0 Å². The number of rotatable bonds is 8. The van der Waals surface area contributed by atoms with Crippen LogP contribution in [0.4, 0.5) is 22.7 Å². The molecule has 0 aliphatic rings. The minimum atomic E-state index is 0. The summed E-state index contributed by atoms with van der Waals surface area (Å²) in [4.78, 5) is 16.9. The summed E-state index contributed by atoms with van der Waals surface area (Å²) in [5, 5.41) is 8.42. The van der Waals surface area contributed by atoms with Crippen molar-refractivity contribution in [1.29, 1.82) is 0 Å². The molecule has 0 fully saturated rings. The van der Waals surface area contributed by atoms with Crippen LogP contribution in [0.3, 0.4) is 0 Å². The molecule has 8 heteroatoms. The van der Waals surface area contributed by atoms with E-state index in [0.29, 0.717) is 0 Å². The van der Waals surface area contributed by atoms with Crippen molar-refractivity contribution in [1.82, 2.24) is 9.97 Å². The van der Waals surface area contributed by atoms with E-state index in [9.17, 15) is 0 Å². The van der Waals surface area contributed by atoms with Gasteiger partial charge < -0.3 is 30.6 Å². The van der Waals surface area contributed by atoms with Crippen LogP contribution in [0.2, 0.25) is 0 Å². The largest absolute Gasteiger partial charge is 2.00 e. The van der Waals surface area contributed by atoms with Crippen molar-refractivity contribution in [2.24, 2.45) is 9.98 Å². The summed E-state index contributed by atoms with van der Waals surface area (Å²) in [5.74, 6) is 0. The molecule has 0 aliphatic heterocycles. The van der Waals surface area contributed by atoms with Gasteiger partial charge in [0.25, 0.3) is 0 Å². The molecular weight excluding hydrogens is 1050 g/mol. The summed E-state index contributed by atoms with van der Waals surface area (Å²) in [7, 11) is 0. The Balaban J connectivity index is 0.000000199. The maximum Gasteiger partial charge on any atom is 2.00 e. The van der Waals surface area contributed by atoms with E-state index in [-0.39, 0.29) is 42.1 Å². The Morgan fingerprint density at radius 3 is 1.04 bits per heavy atom. The molecule has 0 spiro atoms. The SMILES string of the molecule is C(=Nc1ccccc1)[N-]c1ccccc1.C(=Nc1ccccc1)[N-]c1ccccc1.[Pt+2].[Pt+2].[c-]1ccccc1-c1ccccn1.[c-]1ccccc1-c1ccccn1. The van der Waals surface area contributed by atoms with Crippen LogP contribution in [0, 0.1) is 12.1 Å². The molecule has 0 atom stereocenters. The average Bonchev–Trinajstić information content (AvgIpc) is 3.27. The average molecular weight is 1090 g/mol. The van der Waals surface area contributed by atoms with E-state index in [4.69, 9.17) is 0 Å². The summed E-state index contributed by atoms with van der Waals surface area (Å²) in [5.41, 5.74) is 7.68. The maximum absolute atomic E-state index is 4.22. The van der Waals surface area contributed by atoms with Gasteiger partial charge in [0.2, 0.25) is 0 Å². The van der Waals surface area contributed by atoms with Gasteiger partial charge in [0.05, 0.1) is 0 Å². The zero-order valence-corrected chi connectivity index (χ0v) is 34.8. The first kappa shape index (κ1) is 44.3. The van der Waals surface area contributed by atoms with Crippen molar-refractivity contribution in [3.63, 3.8) is 0 Å². The van der Waals surface area contributed by atoms with Gasteiger partial charge in [-0.25, -0.2) is 0 Å². The predicted molar refractivity (Wildman–Crippen MR) is 225 cm³/mol. The number of hydrogen-bond donors (Lipinski definition) is 0. The van der Waals surface area contributed by atoms with Gasteiger partial charge >= 0.3 is 42.1 Å². The number of aliphatic imine (C=N–C) groups is 2. The Morgan fingerprint density at radius 2 is 0.714 bits per heavy atom. The molecule has 6 nitrogen and oxygen atoms in total. The zero-order valence-electron chi connectivity index (χ0n) is 30.3. The molecule has 56 heavy (non-hydrogen) atoms. The van der Waals surface area contributed by atoms with Gasteiger partial charge in [-0.3, -0.25) is 0 Å². The van der Waals surface area contributed by atoms with E-state index in [0.717, 1.165) is 45.3 Å². The molecule has 6 aromatic carbocycles. The molecule has 0 bridgehead atoms. The summed E-state index contributed by atoms with van der Waals surface area (Å²) >= 11 is 0. The van der Waals surface area contributed by atoms with Crippen LogP contribution in [0.1, 0.15) is 0 Å². The van der Waals surface area contributed by atoms with Gasteiger partial charge in [0.1, 0.15) is 0 Å². The predicted octanol–water partition coefficient (Wildman–Crippen LogP) is 13.2. The summed E-state index contributed by atoms with van der Waals surface area (Å²) in [6.45, 7) is 0. The summed E-state index contributed by atoms with van der Waals surface area (Å²) < 4.78 is 0. The molecule has 0 amide bonds. The quantitative estimate of drug-likeness (QED) is 0.0863. The molecule has 0 saturated carbocycles. The van der Waals surface area contributed by atoms with E-state index in [1.807, 2.05) is 206 Å². The fraction of sp³-hybridized carbons (Fsp3) is 0. The molecule has 0 N–H and O–H groups in total. The molecule has 0 unspecified atom stereocenters. The monoisotopic (exact) mass is 1090 g/mol. The van der Waals surface area contributed by atoms with E-state index >= 15 is 0 Å². The molecule has 2 heterocycles. The molecule has 0 aliphatic carbocycles. The first-order valence-electron chi connectivity index (χ1n) is 17.3. The number of hydrogen-bond acceptors (Lipinski definition) is 4. The third kappa shape index (κ3) is 17.4. The van der Waals surface area contributed by atoms with E-state index in [2.05, 4.69) is 42.7 Å². The second kappa shape index (κ2) is 27.5. The second-order valence-electron chi connectivity index (χ2n) is 11.1.